The summed E-state index contributed by atoms with van der Waals surface area (Å²) in [4.78, 5) is 6.61. The first-order valence-corrected chi connectivity index (χ1v) is 14.7. The molecule has 1 aliphatic rings. The summed E-state index contributed by atoms with van der Waals surface area (Å²) in [6, 6.07) is 22.5. The van der Waals surface area contributed by atoms with Gasteiger partial charge in [0.1, 0.15) is 17.5 Å². The van der Waals surface area contributed by atoms with Crippen molar-refractivity contribution in [1.29, 1.82) is 0 Å². The summed E-state index contributed by atoms with van der Waals surface area (Å²) < 4.78 is 39.9. The zero-order valence-corrected chi connectivity index (χ0v) is 23.4. The SMILES string of the molecule is CCOc1ccc(-n2cccc2C2C(c3ccccn3)NC(=S)N2c2ccc(OC)c(NS(C)(=O)=O)c2)cc1. The molecule has 3 heterocycles. The Labute approximate surface area is 233 Å². The average Bonchev–Trinajstić information content (AvgIpc) is 3.53. The number of hydrogen-bond donors (Lipinski definition) is 2. The van der Waals surface area contributed by atoms with Crippen LogP contribution in [0.3, 0.4) is 0 Å². The number of pyridine rings is 1. The van der Waals surface area contributed by atoms with E-state index >= 15 is 0 Å². The van der Waals surface area contributed by atoms with Gasteiger partial charge in [0, 0.05) is 29.5 Å². The maximum atomic E-state index is 12.1. The zero-order chi connectivity index (χ0) is 27.6. The van der Waals surface area contributed by atoms with Crippen LogP contribution in [0, 0.1) is 0 Å². The molecule has 0 saturated carbocycles. The minimum atomic E-state index is -3.55. The van der Waals surface area contributed by atoms with Gasteiger partial charge in [0.15, 0.2) is 5.11 Å². The van der Waals surface area contributed by atoms with Gasteiger partial charge in [-0.05, 0) is 85.9 Å². The second-order valence-corrected chi connectivity index (χ2v) is 11.1. The predicted molar refractivity (Wildman–Crippen MR) is 156 cm³/mol. The normalized spacial score (nSPS) is 17.1. The predicted octanol–water partition coefficient (Wildman–Crippen LogP) is 4.83. The largest absolute Gasteiger partial charge is 0.495 e. The summed E-state index contributed by atoms with van der Waals surface area (Å²) in [6.07, 6.45) is 4.86. The van der Waals surface area contributed by atoms with Gasteiger partial charge in [0.05, 0.1) is 37.4 Å². The summed E-state index contributed by atoms with van der Waals surface area (Å²) >= 11 is 5.86. The van der Waals surface area contributed by atoms with Crippen LogP contribution in [-0.2, 0) is 10.0 Å². The van der Waals surface area contributed by atoms with E-state index < -0.39 is 10.0 Å². The third-order valence-electron chi connectivity index (χ3n) is 6.36. The van der Waals surface area contributed by atoms with Crippen LogP contribution in [0.15, 0.2) is 85.2 Å². The molecule has 0 aliphatic carbocycles. The first kappa shape index (κ1) is 26.5. The molecule has 202 valence electrons. The van der Waals surface area contributed by atoms with Crippen molar-refractivity contribution in [3.63, 3.8) is 0 Å². The Morgan fingerprint density at radius 1 is 1.05 bits per heavy atom. The topological polar surface area (TPSA) is 97.7 Å². The molecule has 0 amide bonds. The molecule has 2 unspecified atom stereocenters. The molecule has 9 nitrogen and oxygen atoms in total. The number of nitrogens with zero attached hydrogens (tertiary/aromatic N) is 3. The maximum absolute atomic E-state index is 12.1. The minimum absolute atomic E-state index is 0.275. The number of sulfonamides is 1. The molecule has 39 heavy (non-hydrogen) atoms. The highest BCUT2D eigenvalue weighted by Crippen LogP contribution is 2.44. The molecule has 1 fully saturated rings. The van der Waals surface area contributed by atoms with Gasteiger partial charge >= 0.3 is 0 Å². The van der Waals surface area contributed by atoms with Crippen molar-refractivity contribution in [3.05, 3.63) is 96.6 Å². The van der Waals surface area contributed by atoms with Gasteiger partial charge < -0.3 is 24.3 Å². The Hall–Kier alpha value is -4.09. The summed E-state index contributed by atoms with van der Waals surface area (Å²) in [6.45, 7) is 2.55. The van der Waals surface area contributed by atoms with Crippen molar-refractivity contribution >= 4 is 38.7 Å². The van der Waals surface area contributed by atoms with Gasteiger partial charge in [0.2, 0.25) is 10.0 Å². The van der Waals surface area contributed by atoms with E-state index in [4.69, 9.17) is 21.7 Å². The van der Waals surface area contributed by atoms with Crippen LogP contribution in [0.4, 0.5) is 11.4 Å². The number of hydrogen-bond acceptors (Lipinski definition) is 6. The van der Waals surface area contributed by atoms with E-state index in [2.05, 4.69) is 25.7 Å². The van der Waals surface area contributed by atoms with E-state index in [1.807, 2.05) is 72.6 Å². The first-order chi connectivity index (χ1) is 18.8. The fraction of sp³-hybridized carbons (Fsp3) is 0.214. The second-order valence-electron chi connectivity index (χ2n) is 8.99. The van der Waals surface area contributed by atoms with E-state index in [-0.39, 0.29) is 12.1 Å². The molecule has 2 N–H and O–H groups in total. The Balaban J connectivity index is 1.63. The molecule has 2 aromatic heterocycles. The molecular formula is C28H29N5O4S2. The second kappa shape index (κ2) is 11.0. The van der Waals surface area contributed by atoms with Gasteiger partial charge in [-0.2, -0.15) is 0 Å². The van der Waals surface area contributed by atoms with Crippen LogP contribution < -0.4 is 24.4 Å². The number of aromatic nitrogens is 2. The van der Waals surface area contributed by atoms with Gasteiger partial charge in [-0.25, -0.2) is 8.42 Å². The third kappa shape index (κ3) is 5.55. The van der Waals surface area contributed by atoms with Crippen LogP contribution in [0.1, 0.15) is 30.4 Å². The number of thiocarbonyl (C=S) groups is 1. The van der Waals surface area contributed by atoms with Gasteiger partial charge in [-0.15, -0.1) is 0 Å². The van der Waals surface area contributed by atoms with Gasteiger partial charge in [-0.3, -0.25) is 9.71 Å². The number of ether oxygens (including phenoxy) is 2. The Morgan fingerprint density at radius 2 is 1.82 bits per heavy atom. The molecule has 1 aliphatic heterocycles. The Morgan fingerprint density at radius 3 is 2.49 bits per heavy atom. The molecule has 4 aromatic rings. The van der Waals surface area contributed by atoms with E-state index in [1.165, 1.54) is 7.11 Å². The van der Waals surface area contributed by atoms with Crippen LogP contribution in [0.2, 0.25) is 0 Å². The van der Waals surface area contributed by atoms with E-state index in [0.29, 0.717) is 28.8 Å². The summed E-state index contributed by atoms with van der Waals surface area (Å²) in [5, 5.41) is 3.94. The number of rotatable bonds is 9. The fourth-order valence-corrected chi connectivity index (χ4v) is 5.70. The highest BCUT2D eigenvalue weighted by molar-refractivity contribution is 7.92. The van der Waals surface area contributed by atoms with Crippen molar-refractivity contribution in [2.75, 3.05) is 29.6 Å². The Kier molecular flexibility index (Phi) is 7.45. The van der Waals surface area contributed by atoms with Crippen molar-refractivity contribution in [3.8, 4) is 17.2 Å². The highest BCUT2D eigenvalue weighted by Gasteiger charge is 2.42. The van der Waals surface area contributed by atoms with Crippen LogP contribution in [0.5, 0.6) is 11.5 Å². The third-order valence-corrected chi connectivity index (χ3v) is 7.27. The first-order valence-electron chi connectivity index (χ1n) is 12.4. The van der Waals surface area contributed by atoms with Crippen LogP contribution in [-0.4, -0.2) is 43.1 Å². The summed E-state index contributed by atoms with van der Waals surface area (Å²) in [5.41, 5.74) is 3.78. The molecule has 0 bridgehead atoms. The lowest BCUT2D eigenvalue weighted by atomic mass is 10.0. The van der Waals surface area contributed by atoms with Crippen molar-refractivity contribution in [2.45, 2.75) is 19.0 Å². The van der Waals surface area contributed by atoms with Gasteiger partial charge in [0.25, 0.3) is 0 Å². The molecule has 2 atom stereocenters. The Bertz CT molecular complexity index is 1570. The summed E-state index contributed by atoms with van der Waals surface area (Å²) in [7, 11) is -2.05. The number of benzene rings is 2. The number of anilines is 2. The molecular weight excluding hydrogens is 534 g/mol. The van der Waals surface area contributed by atoms with Crippen molar-refractivity contribution < 1.29 is 17.9 Å². The van der Waals surface area contributed by atoms with E-state index in [1.54, 1.807) is 18.3 Å². The molecule has 11 heteroatoms. The zero-order valence-electron chi connectivity index (χ0n) is 21.7. The van der Waals surface area contributed by atoms with Crippen molar-refractivity contribution in [2.24, 2.45) is 0 Å². The standard InChI is InChI=1S/C28H29N5O4S2/c1-4-37-21-13-10-19(11-14-21)32-17-7-9-24(32)27-26(22-8-5-6-16-29-22)30-28(38)33(27)20-12-15-25(36-2)23(18-20)31-39(3,34)35/h5-18,26-27,31H,4H2,1-3H3,(H,30,38). The van der Waals surface area contributed by atoms with E-state index in [9.17, 15) is 8.42 Å². The van der Waals surface area contributed by atoms with Crippen LogP contribution in [0.25, 0.3) is 5.69 Å². The monoisotopic (exact) mass is 563 g/mol. The van der Waals surface area contributed by atoms with Gasteiger partial charge in [-0.1, -0.05) is 6.07 Å². The number of methoxy groups -OCH3 is 1. The lowest BCUT2D eigenvalue weighted by Crippen LogP contribution is -2.30. The van der Waals surface area contributed by atoms with Crippen molar-refractivity contribution in [1.82, 2.24) is 14.9 Å². The molecule has 2 aromatic carbocycles. The lowest BCUT2D eigenvalue weighted by Gasteiger charge is -2.29. The fourth-order valence-electron chi connectivity index (χ4n) is 4.80. The molecule has 0 radical (unpaired) electrons. The quantitative estimate of drug-likeness (QED) is 0.280. The van der Waals surface area contributed by atoms with Crippen LogP contribution >= 0.6 is 12.2 Å². The molecule has 5 rings (SSSR count). The lowest BCUT2D eigenvalue weighted by molar-refractivity contribution is 0.340. The number of nitrogens with one attached hydrogen (secondary N) is 2. The highest BCUT2D eigenvalue weighted by atomic mass is 32.2. The minimum Gasteiger partial charge on any atom is -0.495 e. The molecule has 1 saturated heterocycles. The van der Waals surface area contributed by atoms with E-state index in [0.717, 1.165) is 29.1 Å². The average molecular weight is 564 g/mol. The molecule has 0 spiro atoms. The smallest absolute Gasteiger partial charge is 0.229 e. The summed E-state index contributed by atoms with van der Waals surface area (Å²) in [5.74, 6) is 1.20. The maximum Gasteiger partial charge on any atom is 0.229 e.